The summed E-state index contributed by atoms with van der Waals surface area (Å²) in [6.45, 7) is 1.54. The predicted molar refractivity (Wildman–Crippen MR) is 68.4 cm³/mol. The molecule has 0 N–H and O–H groups in total. The van der Waals surface area contributed by atoms with E-state index in [1.165, 1.54) is 0 Å². The van der Waals surface area contributed by atoms with Crippen LogP contribution in [0.25, 0.3) is 11.0 Å². The monoisotopic (exact) mass is 320 g/mol. The number of halogens is 4. The Kier molecular flexibility index (Phi) is 3.95. The number of ether oxygens (including phenoxy) is 1. The summed E-state index contributed by atoms with van der Waals surface area (Å²) in [6, 6.07) is 2.28. The summed E-state index contributed by atoms with van der Waals surface area (Å²) < 4.78 is 48.2. The highest BCUT2D eigenvalue weighted by Crippen LogP contribution is 2.37. The van der Waals surface area contributed by atoms with Crippen LogP contribution >= 0.6 is 11.6 Å². The fraction of sp³-hybridized carbons (Fsp3) is 0.231. The molecule has 4 nitrogen and oxygen atoms in total. The van der Waals surface area contributed by atoms with Crippen LogP contribution in [0.15, 0.2) is 27.4 Å². The summed E-state index contributed by atoms with van der Waals surface area (Å²) in [5.74, 6) is -0.788. The van der Waals surface area contributed by atoms with Gasteiger partial charge in [-0.2, -0.15) is 13.2 Å². The molecule has 0 atom stereocenters. The minimum Gasteiger partial charge on any atom is -0.425 e. The molecule has 2 rings (SSSR count). The molecule has 0 fully saturated rings. The van der Waals surface area contributed by atoms with Gasteiger partial charge < -0.3 is 9.15 Å². The van der Waals surface area contributed by atoms with Crippen LogP contribution in [-0.2, 0) is 11.0 Å². The number of hydrogen-bond acceptors (Lipinski definition) is 4. The lowest BCUT2D eigenvalue weighted by Crippen LogP contribution is -2.11. The number of carbonyl (C=O) groups is 1. The van der Waals surface area contributed by atoms with E-state index in [2.05, 4.69) is 0 Å². The molecule has 0 amide bonds. The van der Waals surface area contributed by atoms with Gasteiger partial charge in [0.25, 0.3) is 0 Å². The van der Waals surface area contributed by atoms with E-state index in [1.807, 2.05) is 0 Å². The average Bonchev–Trinajstić information content (AvgIpc) is 2.38. The lowest BCUT2D eigenvalue weighted by atomic mass is 10.1. The topological polar surface area (TPSA) is 56.5 Å². The minimum absolute atomic E-state index is 0.0565. The molecule has 0 saturated carbocycles. The number of alkyl halides is 3. The Morgan fingerprint density at radius 3 is 2.57 bits per heavy atom. The average molecular weight is 321 g/mol. The number of rotatable bonds is 2. The van der Waals surface area contributed by atoms with Crippen molar-refractivity contribution in [2.75, 3.05) is 0 Å². The van der Waals surface area contributed by atoms with Crippen molar-refractivity contribution < 1.29 is 27.1 Å². The molecule has 0 radical (unpaired) electrons. The van der Waals surface area contributed by atoms with E-state index in [1.54, 1.807) is 6.92 Å². The van der Waals surface area contributed by atoms with E-state index < -0.39 is 23.3 Å². The van der Waals surface area contributed by atoms with Crippen molar-refractivity contribution in [3.63, 3.8) is 0 Å². The maximum atomic E-state index is 12.9. The van der Waals surface area contributed by atoms with Crippen molar-refractivity contribution in [1.29, 1.82) is 0 Å². The van der Waals surface area contributed by atoms with Gasteiger partial charge in [-0.15, -0.1) is 0 Å². The van der Waals surface area contributed by atoms with Gasteiger partial charge in [-0.25, -0.2) is 4.79 Å². The number of carbonyl (C=O) groups excluding carboxylic acids is 1. The molecule has 1 aromatic carbocycles. The number of esters is 1. The fourth-order valence-electron chi connectivity index (χ4n) is 1.67. The molecule has 1 aromatic heterocycles. The second-order valence-electron chi connectivity index (χ2n) is 4.08. The Hall–Kier alpha value is -2.02. The van der Waals surface area contributed by atoms with Crippen LogP contribution in [0.5, 0.6) is 5.75 Å². The van der Waals surface area contributed by atoms with E-state index in [-0.39, 0.29) is 28.2 Å². The van der Waals surface area contributed by atoms with Crippen LogP contribution < -0.4 is 10.4 Å². The molecule has 1 heterocycles. The molecular formula is C13H8ClF3O4. The van der Waals surface area contributed by atoms with Crippen LogP contribution in [0, 0.1) is 0 Å². The molecule has 0 unspecified atom stereocenters. The summed E-state index contributed by atoms with van der Waals surface area (Å²) in [4.78, 5) is 22.4. The number of hydrogen-bond donors (Lipinski definition) is 0. The van der Waals surface area contributed by atoms with Gasteiger partial charge in [-0.3, -0.25) is 4.79 Å². The molecule has 0 aliphatic rings. The lowest BCUT2D eigenvalue weighted by Gasteiger charge is -2.11. The van der Waals surface area contributed by atoms with Gasteiger partial charge in [0.05, 0.1) is 10.6 Å². The van der Waals surface area contributed by atoms with Gasteiger partial charge in [-0.05, 0) is 6.07 Å². The molecule has 21 heavy (non-hydrogen) atoms. The van der Waals surface area contributed by atoms with Crippen molar-refractivity contribution >= 4 is 28.5 Å². The lowest BCUT2D eigenvalue weighted by molar-refractivity contribution is -0.136. The van der Waals surface area contributed by atoms with Gasteiger partial charge in [-0.1, -0.05) is 18.5 Å². The van der Waals surface area contributed by atoms with Crippen molar-refractivity contribution in [1.82, 2.24) is 0 Å². The third-order valence-corrected chi connectivity index (χ3v) is 2.91. The summed E-state index contributed by atoms with van der Waals surface area (Å²) in [7, 11) is 0. The Morgan fingerprint density at radius 2 is 2.00 bits per heavy atom. The number of fused-ring (bicyclic) bond motifs is 1. The highest BCUT2D eigenvalue weighted by Gasteiger charge is 2.34. The minimum atomic E-state index is -4.74. The Morgan fingerprint density at radius 1 is 1.33 bits per heavy atom. The van der Waals surface area contributed by atoms with Crippen LogP contribution in [0.3, 0.4) is 0 Å². The van der Waals surface area contributed by atoms with E-state index in [4.69, 9.17) is 20.8 Å². The molecule has 0 saturated heterocycles. The smallest absolute Gasteiger partial charge is 0.417 e. The predicted octanol–water partition coefficient (Wildman–Crippen LogP) is 3.78. The summed E-state index contributed by atoms with van der Waals surface area (Å²) >= 11 is 5.80. The highest BCUT2D eigenvalue weighted by molar-refractivity contribution is 6.33. The maximum absolute atomic E-state index is 12.9. The van der Waals surface area contributed by atoms with Gasteiger partial charge in [0, 0.05) is 23.9 Å². The second-order valence-corrected chi connectivity index (χ2v) is 4.49. The second kappa shape index (κ2) is 5.40. The quantitative estimate of drug-likeness (QED) is 0.480. The van der Waals surface area contributed by atoms with Crippen molar-refractivity contribution in [2.45, 2.75) is 19.5 Å². The largest absolute Gasteiger partial charge is 0.425 e. The zero-order chi connectivity index (χ0) is 15.8. The van der Waals surface area contributed by atoms with E-state index >= 15 is 0 Å². The van der Waals surface area contributed by atoms with Gasteiger partial charge in [0.2, 0.25) is 0 Å². The molecule has 0 bridgehead atoms. The maximum Gasteiger partial charge on any atom is 0.417 e. The Labute approximate surface area is 121 Å². The van der Waals surface area contributed by atoms with E-state index in [9.17, 15) is 22.8 Å². The van der Waals surface area contributed by atoms with E-state index in [0.29, 0.717) is 6.07 Å². The van der Waals surface area contributed by atoms with Crippen LogP contribution in [-0.4, -0.2) is 5.97 Å². The van der Waals surface area contributed by atoms with Gasteiger partial charge >= 0.3 is 17.8 Å². The zero-order valence-electron chi connectivity index (χ0n) is 10.6. The van der Waals surface area contributed by atoms with E-state index in [0.717, 1.165) is 12.1 Å². The molecule has 112 valence electrons. The SMILES string of the molecule is CCC(=O)Oc1cc2oc(=O)cc(C(F)(F)F)c2cc1Cl. The summed E-state index contributed by atoms with van der Waals surface area (Å²) in [6.07, 6.45) is -4.68. The first-order chi connectivity index (χ1) is 9.72. The molecule has 8 heteroatoms. The van der Waals surface area contributed by atoms with Crippen LogP contribution in [0.2, 0.25) is 5.02 Å². The third kappa shape index (κ3) is 3.18. The molecule has 2 aromatic rings. The summed E-state index contributed by atoms with van der Waals surface area (Å²) in [5, 5.41) is -0.577. The molecule has 0 aliphatic heterocycles. The molecule has 0 aliphatic carbocycles. The number of benzene rings is 1. The Bertz CT molecular complexity index is 764. The first kappa shape index (κ1) is 15.4. The first-order valence-corrected chi connectivity index (χ1v) is 6.15. The van der Waals surface area contributed by atoms with Crippen molar-refractivity contribution in [3.05, 3.63) is 39.2 Å². The third-order valence-electron chi connectivity index (χ3n) is 2.61. The zero-order valence-corrected chi connectivity index (χ0v) is 11.3. The summed E-state index contributed by atoms with van der Waals surface area (Å²) in [5.41, 5.74) is -2.69. The van der Waals surface area contributed by atoms with Gasteiger partial charge in [0.1, 0.15) is 5.58 Å². The fourth-order valence-corrected chi connectivity index (χ4v) is 1.87. The van der Waals surface area contributed by atoms with Crippen LogP contribution in [0.1, 0.15) is 18.9 Å². The van der Waals surface area contributed by atoms with Crippen LogP contribution in [0.4, 0.5) is 13.2 Å². The van der Waals surface area contributed by atoms with Crippen molar-refractivity contribution in [2.24, 2.45) is 0 Å². The highest BCUT2D eigenvalue weighted by atomic mass is 35.5. The molecular weight excluding hydrogens is 313 g/mol. The van der Waals surface area contributed by atoms with Gasteiger partial charge in [0.15, 0.2) is 5.75 Å². The normalized spacial score (nSPS) is 11.7. The van der Waals surface area contributed by atoms with Crippen molar-refractivity contribution in [3.8, 4) is 5.75 Å². The Balaban J connectivity index is 2.70. The first-order valence-electron chi connectivity index (χ1n) is 5.77. The molecule has 0 spiro atoms. The standard InChI is InChI=1S/C13H8ClF3O4/c1-2-11(18)21-10-5-9-6(3-8(10)14)7(13(15,16)17)4-12(19)20-9/h3-5H,2H2,1H3.